The first kappa shape index (κ1) is 19.0. The molecule has 0 amide bonds. The molecule has 1 heterocycles. The van der Waals surface area contributed by atoms with Crippen molar-refractivity contribution in [2.45, 2.75) is 49.4 Å². The molecule has 1 aromatic rings. The van der Waals surface area contributed by atoms with Gasteiger partial charge in [0.2, 0.25) is 0 Å². The molecule has 0 bridgehead atoms. The summed E-state index contributed by atoms with van der Waals surface area (Å²) in [6.07, 6.45) is 4.99. The highest BCUT2D eigenvalue weighted by atomic mass is 127. The lowest BCUT2D eigenvalue weighted by Crippen LogP contribution is -3.98. The van der Waals surface area contributed by atoms with E-state index in [2.05, 4.69) is 0 Å². The maximum Gasteiger partial charge on any atom is 0.520 e. The highest BCUT2D eigenvalue weighted by Gasteiger charge is 2.64. The monoisotopic (exact) mass is 462 g/mol. The first-order chi connectivity index (χ1) is 10.8. The van der Waals surface area contributed by atoms with E-state index in [4.69, 9.17) is 2.51 Å². The zero-order valence-corrected chi connectivity index (χ0v) is 15.5. The number of unbranched alkanes of at least 4 members (excludes halogenated alkanes) is 3. The molecule has 0 spiro atoms. The molecular formula is C15H18F3IO3S. The Balaban J connectivity index is 2.42. The molecule has 0 aromatic heterocycles. The summed E-state index contributed by atoms with van der Waals surface area (Å²) in [6.45, 7) is 2.02. The van der Waals surface area contributed by atoms with Crippen LogP contribution < -0.4 is 27.9 Å². The molecule has 0 saturated heterocycles. The summed E-state index contributed by atoms with van der Waals surface area (Å²) in [5, 5.41) is 0. The van der Waals surface area contributed by atoms with Crippen LogP contribution in [-0.2, 0) is 2.51 Å². The molecule has 0 fully saturated rings. The second kappa shape index (κ2) is 7.73. The summed E-state index contributed by atoms with van der Waals surface area (Å²) in [5.41, 5.74) is -4.34. The van der Waals surface area contributed by atoms with Crippen LogP contribution in [0.3, 0.4) is 0 Å². The van der Waals surface area contributed by atoms with Crippen LogP contribution in [0.1, 0.15) is 44.6 Å². The number of rotatable bonds is 7. The van der Waals surface area contributed by atoms with Crippen molar-refractivity contribution in [1.29, 1.82) is 0 Å². The van der Waals surface area contributed by atoms with E-state index in [1.807, 2.05) is 6.92 Å². The van der Waals surface area contributed by atoms with Crippen molar-refractivity contribution in [2.24, 2.45) is 0 Å². The van der Waals surface area contributed by atoms with Gasteiger partial charge in [-0.1, -0.05) is 44.4 Å². The molecule has 8 heteroatoms. The summed E-state index contributed by atoms with van der Waals surface area (Å²) >= 11 is -4.54. The van der Waals surface area contributed by atoms with Gasteiger partial charge in [0.25, 0.3) is 0 Å². The smallest absolute Gasteiger partial charge is 0.395 e. The number of halogens is 4. The Bertz CT molecular complexity index is 577. The number of alkyl halides is 3. The van der Waals surface area contributed by atoms with Crippen molar-refractivity contribution in [3.63, 3.8) is 0 Å². The third-order valence-corrected chi connectivity index (χ3v) is 9.16. The summed E-state index contributed by atoms with van der Waals surface area (Å²) in [4.78, 5) is 0.0169. The fraction of sp³-hybridized carbons (Fsp3) is 0.467. The molecular weight excluding hydrogens is 444 g/mol. The van der Waals surface area contributed by atoms with Gasteiger partial charge in [0.05, 0.1) is 0 Å². The van der Waals surface area contributed by atoms with Gasteiger partial charge in [-0.2, -0.15) is 13.2 Å². The highest BCUT2D eigenvalue weighted by molar-refractivity contribution is 8.34. The fourth-order valence-corrected chi connectivity index (χ4v) is 8.53. The minimum absolute atomic E-state index is 0.0491. The van der Waals surface area contributed by atoms with Crippen LogP contribution in [-0.4, -0.2) is 5.51 Å². The predicted molar refractivity (Wildman–Crippen MR) is 76.2 cm³/mol. The number of allylic oxidation sites excluding steroid dienone is 1. The van der Waals surface area contributed by atoms with Gasteiger partial charge in [-0.05, 0) is 30.5 Å². The van der Waals surface area contributed by atoms with Crippen molar-refractivity contribution in [1.82, 2.24) is 0 Å². The lowest BCUT2D eigenvalue weighted by atomic mass is 10.1. The molecule has 3 nitrogen and oxygen atoms in total. The minimum atomic E-state index is -4.75. The Labute approximate surface area is 144 Å². The van der Waals surface area contributed by atoms with Crippen LogP contribution in [0.2, 0.25) is 0 Å². The molecule has 23 heavy (non-hydrogen) atoms. The van der Waals surface area contributed by atoms with E-state index in [0.29, 0.717) is 12.0 Å². The number of fused-ring (bicyclic) bond motifs is 1. The summed E-state index contributed by atoms with van der Waals surface area (Å²) < 4.78 is 68.7. The predicted octanol–water partition coefficient (Wildman–Crippen LogP) is 0.717. The maximum atomic E-state index is 13.9. The quantitative estimate of drug-likeness (QED) is 0.444. The molecule has 0 N–H and O–H groups in total. The third kappa shape index (κ3) is 3.87. The van der Waals surface area contributed by atoms with Crippen molar-refractivity contribution >= 4 is 16.4 Å². The first-order valence-electron chi connectivity index (χ1n) is 7.27. The van der Waals surface area contributed by atoms with Crippen LogP contribution in [0.25, 0.3) is 6.08 Å². The zero-order valence-electron chi connectivity index (χ0n) is 12.6. The maximum absolute atomic E-state index is 13.9. The van der Waals surface area contributed by atoms with E-state index in [9.17, 15) is 20.0 Å². The van der Waals surface area contributed by atoms with Gasteiger partial charge in [-0.25, -0.2) is 0 Å². The Morgan fingerprint density at radius 3 is 2.43 bits per heavy atom. The van der Waals surface area contributed by atoms with E-state index < -0.39 is 36.9 Å². The van der Waals surface area contributed by atoms with E-state index >= 15 is 0 Å². The SMILES string of the molecule is CCCCCCC1=Cc2ccccc2S1(O[I+2]([O-])[O-])C(F)(F)F. The molecule has 0 saturated carbocycles. The van der Waals surface area contributed by atoms with E-state index in [1.54, 1.807) is 12.1 Å². The largest absolute Gasteiger partial charge is 0.520 e. The van der Waals surface area contributed by atoms with Crippen molar-refractivity contribution in [3.8, 4) is 0 Å². The average Bonchev–Trinajstić information content (AvgIpc) is 2.78. The Morgan fingerprint density at radius 1 is 1.13 bits per heavy atom. The Morgan fingerprint density at radius 2 is 1.83 bits per heavy atom. The Hall–Kier alpha value is -0.290. The van der Waals surface area contributed by atoms with E-state index in [-0.39, 0.29) is 16.2 Å². The minimum Gasteiger partial charge on any atom is -0.395 e. The molecule has 1 aliphatic heterocycles. The van der Waals surface area contributed by atoms with Gasteiger partial charge in [0, 0.05) is 12.3 Å². The summed E-state index contributed by atoms with van der Waals surface area (Å²) in [5.74, 6) is 0. The number of benzene rings is 1. The second-order valence-corrected chi connectivity index (χ2v) is 10.0. The first-order valence-corrected chi connectivity index (χ1v) is 11.5. The number of hydrogen-bond donors (Lipinski definition) is 0. The standard InChI is InChI=1S/C15H18F3IO3S/c1-2-3-4-5-9-13-11-12-8-6-7-10-14(12)23(13,15(16,17)18)22-19(20)21/h6-8,10-11H,2-5,9H2,1H3. The molecule has 2 rings (SSSR count). The molecule has 130 valence electrons. The molecule has 0 aliphatic carbocycles. The highest BCUT2D eigenvalue weighted by Crippen LogP contribution is 2.76. The van der Waals surface area contributed by atoms with E-state index in [1.165, 1.54) is 18.2 Å². The van der Waals surface area contributed by atoms with Crippen LogP contribution in [0.15, 0.2) is 34.1 Å². The van der Waals surface area contributed by atoms with Crippen molar-refractivity contribution < 1.29 is 43.6 Å². The van der Waals surface area contributed by atoms with Crippen LogP contribution in [0, 0.1) is 0 Å². The van der Waals surface area contributed by atoms with Crippen LogP contribution in [0.5, 0.6) is 0 Å². The molecule has 0 radical (unpaired) electrons. The average molecular weight is 462 g/mol. The molecule has 1 aliphatic rings. The lowest BCUT2D eigenvalue weighted by molar-refractivity contribution is -1.62. The summed E-state index contributed by atoms with van der Waals surface area (Å²) in [7, 11) is -3.96. The van der Waals surface area contributed by atoms with Gasteiger partial charge in [-0.15, -0.1) is 0 Å². The van der Waals surface area contributed by atoms with Gasteiger partial charge in [0.1, 0.15) is 10.3 Å². The second-order valence-electron chi connectivity index (χ2n) is 5.21. The Kier molecular flexibility index (Phi) is 6.40. The van der Waals surface area contributed by atoms with Crippen molar-refractivity contribution in [3.05, 3.63) is 34.7 Å². The van der Waals surface area contributed by atoms with Gasteiger partial charge in [-0.3, -0.25) is 0 Å². The van der Waals surface area contributed by atoms with Gasteiger partial charge >= 0.3 is 26.6 Å². The number of hydrogen-bond acceptors (Lipinski definition) is 3. The fourth-order valence-electron chi connectivity index (χ4n) is 2.66. The van der Waals surface area contributed by atoms with Crippen molar-refractivity contribution in [2.75, 3.05) is 0 Å². The topological polar surface area (TPSA) is 55.3 Å². The zero-order chi connectivity index (χ0) is 17.1. The molecule has 1 unspecified atom stereocenters. The van der Waals surface area contributed by atoms with Crippen LogP contribution >= 0.6 is 10.3 Å². The molecule has 1 aromatic carbocycles. The third-order valence-electron chi connectivity index (χ3n) is 3.66. The lowest BCUT2D eigenvalue weighted by Gasteiger charge is -2.33. The van der Waals surface area contributed by atoms with E-state index in [0.717, 1.165) is 19.3 Å². The summed E-state index contributed by atoms with van der Waals surface area (Å²) in [6, 6.07) is 6.02. The van der Waals surface area contributed by atoms with Gasteiger partial charge in [0.15, 0.2) is 0 Å². The van der Waals surface area contributed by atoms with Gasteiger partial charge < -0.3 is 6.87 Å². The van der Waals surface area contributed by atoms with Crippen LogP contribution in [0.4, 0.5) is 13.2 Å². The molecule has 1 atom stereocenters. The normalized spacial score (nSPS) is 23.5.